The van der Waals surface area contributed by atoms with Crippen LogP contribution in [0.1, 0.15) is 22.3 Å². The molecule has 0 aromatic heterocycles. The summed E-state index contributed by atoms with van der Waals surface area (Å²) in [6.07, 6.45) is -4.35. The monoisotopic (exact) mass is 431 g/mol. The third-order valence-electron chi connectivity index (χ3n) is 5.39. The Balaban J connectivity index is 1.79. The van der Waals surface area contributed by atoms with Crippen LogP contribution >= 0.6 is 0 Å². The zero-order valence-corrected chi connectivity index (χ0v) is 17.4. The van der Waals surface area contributed by atoms with Crippen LogP contribution in [0.3, 0.4) is 0 Å². The zero-order valence-electron chi connectivity index (χ0n) is 17.4. The Bertz CT molecular complexity index is 985. The van der Waals surface area contributed by atoms with E-state index in [9.17, 15) is 18.0 Å². The Morgan fingerprint density at radius 1 is 1.23 bits per heavy atom. The maximum Gasteiger partial charge on any atom is 0.417 e. The van der Waals surface area contributed by atoms with Crippen molar-refractivity contribution in [3.63, 3.8) is 0 Å². The molecule has 3 rings (SSSR count). The van der Waals surface area contributed by atoms with Gasteiger partial charge < -0.3 is 14.5 Å². The first-order valence-corrected chi connectivity index (χ1v) is 9.93. The lowest BCUT2D eigenvalue weighted by Gasteiger charge is -2.42. The predicted molar refractivity (Wildman–Crippen MR) is 111 cm³/mol. The fourth-order valence-electron chi connectivity index (χ4n) is 3.91. The van der Waals surface area contributed by atoms with E-state index >= 15 is 0 Å². The number of halogens is 3. The van der Waals surface area contributed by atoms with Gasteiger partial charge in [0.25, 0.3) is 0 Å². The summed E-state index contributed by atoms with van der Waals surface area (Å²) in [4.78, 5) is 16.4. The molecular formula is C23H24F3N3O2. The van der Waals surface area contributed by atoms with Crippen molar-refractivity contribution >= 4 is 11.6 Å². The molecule has 1 aliphatic heterocycles. The minimum atomic E-state index is -4.62. The average molecular weight is 431 g/mol. The second kappa shape index (κ2) is 9.40. The molecule has 31 heavy (non-hydrogen) atoms. The summed E-state index contributed by atoms with van der Waals surface area (Å²) < 4.78 is 45.4. The van der Waals surface area contributed by atoms with Gasteiger partial charge in [-0.2, -0.15) is 18.4 Å². The van der Waals surface area contributed by atoms with Gasteiger partial charge in [0.2, 0.25) is 5.91 Å². The van der Waals surface area contributed by atoms with Crippen LogP contribution in [0.15, 0.2) is 42.5 Å². The van der Waals surface area contributed by atoms with Gasteiger partial charge in [-0.15, -0.1) is 0 Å². The number of carbonyl (C=O) groups is 1. The molecule has 0 bridgehead atoms. The second-order valence-corrected chi connectivity index (χ2v) is 7.65. The van der Waals surface area contributed by atoms with E-state index in [2.05, 4.69) is 0 Å². The minimum Gasteiger partial charge on any atom is -0.382 e. The third kappa shape index (κ3) is 5.36. The van der Waals surface area contributed by atoms with Gasteiger partial charge >= 0.3 is 6.18 Å². The number of methoxy groups -OCH3 is 1. The maximum absolute atomic E-state index is 13.4. The quantitative estimate of drug-likeness (QED) is 0.723. The molecule has 1 atom stereocenters. The summed E-state index contributed by atoms with van der Waals surface area (Å²) in [6.45, 7) is 3.34. The summed E-state index contributed by atoms with van der Waals surface area (Å²) in [6, 6.07) is 12.8. The van der Waals surface area contributed by atoms with Gasteiger partial charge in [0, 0.05) is 32.4 Å². The van der Waals surface area contributed by atoms with Crippen LogP contribution in [0, 0.1) is 18.3 Å². The van der Waals surface area contributed by atoms with E-state index in [4.69, 9.17) is 10.00 Å². The van der Waals surface area contributed by atoms with Gasteiger partial charge in [0.15, 0.2) is 0 Å². The number of anilines is 1. The van der Waals surface area contributed by atoms with Crippen molar-refractivity contribution in [1.29, 1.82) is 5.26 Å². The topological polar surface area (TPSA) is 56.6 Å². The molecule has 5 nitrogen and oxygen atoms in total. The number of ether oxygens (including phenoxy) is 1. The van der Waals surface area contributed by atoms with Gasteiger partial charge in [0.1, 0.15) is 0 Å². The molecule has 2 aromatic carbocycles. The highest BCUT2D eigenvalue weighted by atomic mass is 19.4. The molecule has 1 amide bonds. The van der Waals surface area contributed by atoms with E-state index in [1.165, 1.54) is 19.2 Å². The molecule has 2 aromatic rings. The van der Waals surface area contributed by atoms with Crippen molar-refractivity contribution in [2.75, 3.05) is 38.3 Å². The van der Waals surface area contributed by atoms with E-state index in [1.807, 2.05) is 36.1 Å². The van der Waals surface area contributed by atoms with Gasteiger partial charge in [-0.05, 0) is 30.7 Å². The molecule has 8 heteroatoms. The predicted octanol–water partition coefficient (Wildman–Crippen LogP) is 3.79. The molecule has 1 heterocycles. The van der Waals surface area contributed by atoms with E-state index < -0.39 is 17.3 Å². The Morgan fingerprint density at radius 2 is 2.00 bits per heavy atom. The summed E-state index contributed by atoms with van der Waals surface area (Å²) in [7, 11) is 1.52. The Labute approximate surface area is 179 Å². The van der Waals surface area contributed by atoms with Crippen molar-refractivity contribution in [2.24, 2.45) is 0 Å². The number of amides is 1. The van der Waals surface area contributed by atoms with Crippen molar-refractivity contribution in [2.45, 2.75) is 25.6 Å². The standard InChI is InChI=1S/C23H24F3N3O2/c1-16-4-3-5-17(10-16)11-22(30)28-8-9-29(20(14-28)15-31-2)19-7-6-18(13-27)21(12-19)23(24,25)26/h3-7,10,12,20H,8-9,11,14-15H2,1-2H3. The van der Waals surface area contributed by atoms with Crippen molar-refractivity contribution in [3.8, 4) is 6.07 Å². The van der Waals surface area contributed by atoms with E-state index in [-0.39, 0.29) is 25.0 Å². The van der Waals surface area contributed by atoms with Gasteiger partial charge in [-0.25, -0.2) is 0 Å². The van der Waals surface area contributed by atoms with Crippen LogP contribution in [-0.2, 0) is 22.1 Å². The minimum absolute atomic E-state index is 0.0258. The molecule has 0 aliphatic carbocycles. The molecule has 164 valence electrons. The summed E-state index contributed by atoms with van der Waals surface area (Å²) >= 11 is 0. The highest BCUT2D eigenvalue weighted by molar-refractivity contribution is 5.79. The SMILES string of the molecule is COCC1CN(C(=O)Cc2cccc(C)c2)CCN1c1ccc(C#N)c(C(F)(F)F)c1. The van der Waals surface area contributed by atoms with Gasteiger partial charge in [-0.1, -0.05) is 29.8 Å². The number of benzene rings is 2. The molecule has 0 radical (unpaired) electrons. The van der Waals surface area contributed by atoms with Crippen molar-refractivity contribution in [3.05, 3.63) is 64.7 Å². The Morgan fingerprint density at radius 3 is 2.65 bits per heavy atom. The van der Waals surface area contributed by atoms with Gasteiger partial charge in [0.05, 0.1) is 36.3 Å². The molecule has 0 saturated carbocycles. The Kier molecular flexibility index (Phi) is 6.86. The van der Waals surface area contributed by atoms with Crippen LogP contribution in [0.4, 0.5) is 18.9 Å². The molecule has 1 saturated heterocycles. The smallest absolute Gasteiger partial charge is 0.382 e. The van der Waals surface area contributed by atoms with Crippen LogP contribution in [0.2, 0.25) is 0 Å². The summed E-state index contributed by atoms with van der Waals surface area (Å²) in [5, 5.41) is 9.03. The number of rotatable bonds is 5. The van der Waals surface area contributed by atoms with Gasteiger partial charge in [-0.3, -0.25) is 4.79 Å². The number of hydrogen-bond acceptors (Lipinski definition) is 4. The Hall–Kier alpha value is -3.05. The first-order valence-electron chi connectivity index (χ1n) is 9.93. The number of hydrogen-bond donors (Lipinski definition) is 0. The fourth-order valence-corrected chi connectivity index (χ4v) is 3.91. The number of nitriles is 1. The summed E-state index contributed by atoms with van der Waals surface area (Å²) in [5.74, 6) is -0.0258. The fraction of sp³-hybridized carbons (Fsp3) is 0.391. The average Bonchev–Trinajstić information content (AvgIpc) is 2.73. The number of piperazine rings is 1. The van der Waals surface area contributed by atoms with Crippen LogP contribution in [-0.4, -0.2) is 50.2 Å². The molecule has 1 unspecified atom stereocenters. The molecule has 1 fully saturated rings. The van der Waals surface area contributed by atoms with E-state index in [0.717, 1.165) is 17.2 Å². The highest BCUT2D eigenvalue weighted by Gasteiger charge is 2.36. The second-order valence-electron chi connectivity index (χ2n) is 7.65. The number of alkyl halides is 3. The lowest BCUT2D eigenvalue weighted by molar-refractivity contribution is -0.137. The van der Waals surface area contributed by atoms with E-state index in [1.54, 1.807) is 11.0 Å². The molecular weight excluding hydrogens is 407 g/mol. The lowest BCUT2D eigenvalue weighted by Crippen LogP contribution is -2.56. The highest BCUT2D eigenvalue weighted by Crippen LogP contribution is 2.35. The first kappa shape index (κ1) is 22.6. The zero-order chi connectivity index (χ0) is 22.6. The number of carbonyl (C=O) groups excluding carboxylic acids is 1. The third-order valence-corrected chi connectivity index (χ3v) is 5.39. The van der Waals surface area contributed by atoms with Crippen LogP contribution in [0.25, 0.3) is 0 Å². The van der Waals surface area contributed by atoms with Crippen molar-refractivity contribution < 1.29 is 22.7 Å². The van der Waals surface area contributed by atoms with Crippen LogP contribution < -0.4 is 4.90 Å². The molecule has 0 N–H and O–H groups in total. The number of aryl methyl sites for hydroxylation is 1. The largest absolute Gasteiger partial charge is 0.417 e. The first-order chi connectivity index (χ1) is 14.7. The normalized spacial score (nSPS) is 16.8. The van der Waals surface area contributed by atoms with Crippen LogP contribution in [0.5, 0.6) is 0 Å². The van der Waals surface area contributed by atoms with Crippen molar-refractivity contribution in [1.82, 2.24) is 4.90 Å². The maximum atomic E-state index is 13.4. The van der Waals surface area contributed by atoms with E-state index in [0.29, 0.717) is 25.3 Å². The molecule has 1 aliphatic rings. The molecule has 0 spiro atoms. The summed E-state index contributed by atoms with van der Waals surface area (Å²) in [5.41, 5.74) is 0.999. The number of nitrogens with zero attached hydrogens (tertiary/aromatic N) is 3. The lowest BCUT2D eigenvalue weighted by atomic mass is 10.0.